The van der Waals surface area contributed by atoms with Crippen LogP contribution >= 0.6 is 11.8 Å². The highest BCUT2D eigenvalue weighted by molar-refractivity contribution is 7.99. The van der Waals surface area contributed by atoms with E-state index >= 15 is 0 Å². The van der Waals surface area contributed by atoms with Gasteiger partial charge in [0.2, 0.25) is 11.8 Å². The Labute approximate surface area is 150 Å². The fourth-order valence-electron chi connectivity index (χ4n) is 2.21. The van der Waals surface area contributed by atoms with E-state index in [2.05, 4.69) is 27.6 Å². The highest BCUT2D eigenvalue weighted by Crippen LogP contribution is 2.18. The number of anilines is 1. The monoisotopic (exact) mass is 353 g/mol. The van der Waals surface area contributed by atoms with Gasteiger partial charge in [0, 0.05) is 5.69 Å². The van der Waals surface area contributed by atoms with E-state index in [1.807, 2.05) is 50.2 Å². The lowest BCUT2D eigenvalue weighted by atomic mass is 10.1. The standard InChI is InChI=1S/C19H19N3O2S/c1-13-3-7-15(8-4-13)11-18-21-22-19(24-18)25-12-17(23)20-16-9-5-14(2)6-10-16/h3-10H,11-12H2,1-2H3,(H,20,23). The van der Waals surface area contributed by atoms with Gasteiger partial charge in [0.15, 0.2) is 0 Å². The molecule has 0 aliphatic rings. The van der Waals surface area contributed by atoms with Crippen LogP contribution in [0, 0.1) is 13.8 Å². The van der Waals surface area contributed by atoms with Crippen molar-refractivity contribution in [1.29, 1.82) is 0 Å². The first-order valence-corrected chi connectivity index (χ1v) is 8.94. The predicted octanol–water partition coefficient (Wildman–Crippen LogP) is 4.01. The van der Waals surface area contributed by atoms with Crippen molar-refractivity contribution >= 4 is 23.4 Å². The van der Waals surface area contributed by atoms with Crippen molar-refractivity contribution in [3.05, 3.63) is 71.1 Å². The first-order valence-electron chi connectivity index (χ1n) is 7.96. The van der Waals surface area contributed by atoms with Crippen molar-refractivity contribution in [3.63, 3.8) is 0 Å². The molecule has 6 heteroatoms. The second-order valence-electron chi connectivity index (χ2n) is 5.83. The summed E-state index contributed by atoms with van der Waals surface area (Å²) in [6.45, 7) is 4.05. The molecule has 0 bridgehead atoms. The third kappa shape index (κ3) is 5.19. The summed E-state index contributed by atoms with van der Waals surface area (Å²) in [5.74, 6) is 0.664. The van der Waals surface area contributed by atoms with Crippen molar-refractivity contribution < 1.29 is 9.21 Å². The minimum absolute atomic E-state index is 0.105. The second kappa shape index (κ2) is 7.98. The van der Waals surface area contributed by atoms with Crippen LogP contribution in [0.3, 0.4) is 0 Å². The van der Waals surface area contributed by atoms with E-state index in [1.54, 1.807) is 0 Å². The molecule has 2 aromatic carbocycles. The first-order chi connectivity index (χ1) is 12.1. The van der Waals surface area contributed by atoms with Crippen LogP contribution in [-0.4, -0.2) is 21.9 Å². The van der Waals surface area contributed by atoms with Gasteiger partial charge in [-0.05, 0) is 31.5 Å². The maximum atomic E-state index is 12.0. The summed E-state index contributed by atoms with van der Waals surface area (Å²) in [6.07, 6.45) is 0.587. The number of rotatable bonds is 6. The van der Waals surface area contributed by atoms with Crippen molar-refractivity contribution in [2.24, 2.45) is 0 Å². The van der Waals surface area contributed by atoms with Crippen LogP contribution in [0.15, 0.2) is 58.2 Å². The van der Waals surface area contributed by atoms with Gasteiger partial charge in [0.1, 0.15) is 0 Å². The number of nitrogens with zero attached hydrogens (tertiary/aromatic N) is 2. The zero-order valence-corrected chi connectivity index (χ0v) is 15.0. The molecule has 0 radical (unpaired) electrons. The molecule has 3 rings (SSSR count). The molecule has 0 saturated heterocycles. The number of thioether (sulfide) groups is 1. The number of amides is 1. The summed E-state index contributed by atoms with van der Waals surface area (Å²) in [4.78, 5) is 12.0. The van der Waals surface area contributed by atoms with Gasteiger partial charge < -0.3 is 9.73 Å². The van der Waals surface area contributed by atoms with Crippen molar-refractivity contribution in [1.82, 2.24) is 10.2 Å². The topological polar surface area (TPSA) is 68.0 Å². The van der Waals surface area contributed by atoms with Crippen molar-refractivity contribution in [2.45, 2.75) is 25.5 Å². The molecule has 0 atom stereocenters. The number of hydrogen-bond donors (Lipinski definition) is 1. The SMILES string of the molecule is Cc1ccc(Cc2nnc(SCC(=O)Nc3ccc(C)cc3)o2)cc1. The van der Waals surface area contributed by atoms with Gasteiger partial charge in [0.05, 0.1) is 12.2 Å². The van der Waals surface area contributed by atoms with Gasteiger partial charge in [-0.1, -0.05) is 59.3 Å². The molecule has 0 saturated carbocycles. The number of carbonyl (C=O) groups excluding carboxylic acids is 1. The van der Waals surface area contributed by atoms with E-state index in [9.17, 15) is 4.79 Å². The minimum atomic E-state index is -0.105. The highest BCUT2D eigenvalue weighted by atomic mass is 32.2. The number of benzene rings is 2. The molecule has 25 heavy (non-hydrogen) atoms. The van der Waals surface area contributed by atoms with E-state index in [0.29, 0.717) is 17.5 Å². The molecule has 0 aliphatic heterocycles. The summed E-state index contributed by atoms with van der Waals surface area (Å²) >= 11 is 1.23. The van der Waals surface area contributed by atoms with E-state index in [0.717, 1.165) is 16.8 Å². The van der Waals surface area contributed by atoms with Crippen LogP contribution in [0.2, 0.25) is 0 Å². The smallest absolute Gasteiger partial charge is 0.277 e. The summed E-state index contributed by atoms with van der Waals surface area (Å²) in [5.41, 5.74) is 4.26. The Bertz CT molecular complexity index is 842. The molecule has 0 aliphatic carbocycles. The summed E-state index contributed by atoms with van der Waals surface area (Å²) < 4.78 is 5.59. The highest BCUT2D eigenvalue weighted by Gasteiger charge is 2.10. The summed E-state index contributed by atoms with van der Waals surface area (Å²) in [6, 6.07) is 15.9. The molecule has 3 aromatic rings. The average Bonchev–Trinajstić information content (AvgIpc) is 3.05. The number of aryl methyl sites for hydroxylation is 2. The molecule has 1 N–H and O–H groups in total. The average molecular weight is 353 g/mol. The lowest BCUT2D eigenvalue weighted by Crippen LogP contribution is -2.13. The predicted molar refractivity (Wildman–Crippen MR) is 98.8 cm³/mol. The molecule has 0 fully saturated rings. The molecule has 1 heterocycles. The Kier molecular flexibility index (Phi) is 5.50. The Hall–Kier alpha value is -2.60. The van der Waals surface area contributed by atoms with Gasteiger partial charge in [-0.25, -0.2) is 0 Å². The van der Waals surface area contributed by atoms with Crippen LogP contribution in [0.5, 0.6) is 0 Å². The van der Waals surface area contributed by atoms with Crippen LogP contribution in [-0.2, 0) is 11.2 Å². The Morgan fingerprint density at radius 1 is 1.00 bits per heavy atom. The van der Waals surface area contributed by atoms with Gasteiger partial charge >= 0.3 is 0 Å². The fourth-order valence-corrected chi connectivity index (χ4v) is 2.79. The van der Waals surface area contributed by atoms with Crippen LogP contribution in [0.1, 0.15) is 22.6 Å². The normalized spacial score (nSPS) is 10.6. The van der Waals surface area contributed by atoms with E-state index < -0.39 is 0 Å². The quantitative estimate of drug-likeness (QED) is 0.678. The largest absolute Gasteiger partial charge is 0.416 e. The Balaban J connectivity index is 1.50. The molecule has 5 nitrogen and oxygen atoms in total. The Morgan fingerprint density at radius 2 is 1.64 bits per heavy atom. The number of aromatic nitrogens is 2. The van der Waals surface area contributed by atoms with Crippen molar-refractivity contribution in [3.8, 4) is 0 Å². The van der Waals surface area contributed by atoms with Gasteiger partial charge in [0.25, 0.3) is 5.22 Å². The molecule has 128 valence electrons. The maximum Gasteiger partial charge on any atom is 0.277 e. The molecular weight excluding hydrogens is 334 g/mol. The van der Waals surface area contributed by atoms with Crippen molar-refractivity contribution in [2.75, 3.05) is 11.1 Å². The van der Waals surface area contributed by atoms with Crippen LogP contribution in [0.25, 0.3) is 0 Å². The van der Waals surface area contributed by atoms with E-state index in [-0.39, 0.29) is 11.7 Å². The molecule has 1 aromatic heterocycles. The summed E-state index contributed by atoms with van der Waals surface area (Å²) in [5, 5.41) is 11.3. The summed E-state index contributed by atoms with van der Waals surface area (Å²) in [7, 11) is 0. The minimum Gasteiger partial charge on any atom is -0.416 e. The number of carbonyl (C=O) groups is 1. The lowest BCUT2D eigenvalue weighted by Gasteiger charge is -2.04. The van der Waals surface area contributed by atoms with Gasteiger partial charge in [-0.2, -0.15) is 0 Å². The van der Waals surface area contributed by atoms with E-state index in [4.69, 9.17) is 4.42 Å². The molecular formula is C19H19N3O2S. The third-order valence-electron chi connectivity index (χ3n) is 3.59. The van der Waals surface area contributed by atoms with Crippen LogP contribution in [0.4, 0.5) is 5.69 Å². The Morgan fingerprint density at radius 3 is 2.32 bits per heavy atom. The number of nitrogens with one attached hydrogen (secondary N) is 1. The van der Waals surface area contributed by atoms with Crippen LogP contribution < -0.4 is 5.32 Å². The lowest BCUT2D eigenvalue weighted by molar-refractivity contribution is -0.113. The zero-order valence-electron chi connectivity index (χ0n) is 14.2. The first kappa shape index (κ1) is 17.2. The fraction of sp³-hybridized carbons (Fsp3) is 0.211. The second-order valence-corrected chi connectivity index (χ2v) is 6.75. The van der Waals surface area contributed by atoms with Gasteiger partial charge in [-0.3, -0.25) is 4.79 Å². The molecule has 0 unspecified atom stereocenters. The molecule has 1 amide bonds. The maximum absolute atomic E-state index is 12.0. The zero-order chi connectivity index (χ0) is 17.6. The number of hydrogen-bond acceptors (Lipinski definition) is 5. The van der Waals surface area contributed by atoms with Gasteiger partial charge in [-0.15, -0.1) is 10.2 Å². The molecule has 0 spiro atoms. The van der Waals surface area contributed by atoms with E-state index in [1.165, 1.54) is 17.3 Å². The third-order valence-corrected chi connectivity index (χ3v) is 4.40.